The maximum absolute atomic E-state index is 5.89. The molecule has 0 unspecified atom stereocenters. The molecule has 0 saturated carbocycles. The number of fused-ring (bicyclic) bond motifs is 1. The van der Waals surface area contributed by atoms with E-state index < -0.39 is 0 Å². The molecule has 2 heterocycles. The first kappa shape index (κ1) is 15.0. The average molecular weight is 308 g/mol. The SMILES string of the molecule is NC(=NCCc1nnc2ccccn12)NCCc1ccccc1. The highest BCUT2D eigenvalue weighted by Gasteiger charge is 2.03. The Morgan fingerprint density at radius 2 is 1.87 bits per heavy atom. The van der Waals surface area contributed by atoms with Gasteiger partial charge in [-0.3, -0.25) is 9.39 Å². The summed E-state index contributed by atoms with van der Waals surface area (Å²) in [5.74, 6) is 1.36. The van der Waals surface area contributed by atoms with Crippen LogP contribution in [0.25, 0.3) is 5.65 Å². The fourth-order valence-electron chi connectivity index (χ4n) is 2.37. The van der Waals surface area contributed by atoms with Crippen molar-refractivity contribution >= 4 is 11.6 Å². The van der Waals surface area contributed by atoms with Crippen LogP contribution in [0, 0.1) is 0 Å². The van der Waals surface area contributed by atoms with E-state index in [1.54, 1.807) is 0 Å². The summed E-state index contributed by atoms with van der Waals surface area (Å²) in [4.78, 5) is 4.34. The zero-order valence-electron chi connectivity index (χ0n) is 12.9. The lowest BCUT2D eigenvalue weighted by atomic mass is 10.1. The fourth-order valence-corrected chi connectivity index (χ4v) is 2.37. The molecule has 0 radical (unpaired) electrons. The van der Waals surface area contributed by atoms with Crippen molar-refractivity contribution < 1.29 is 0 Å². The number of hydrogen-bond donors (Lipinski definition) is 2. The van der Waals surface area contributed by atoms with Crippen molar-refractivity contribution in [2.75, 3.05) is 13.1 Å². The summed E-state index contributed by atoms with van der Waals surface area (Å²) in [6, 6.07) is 16.1. The number of nitrogens with two attached hydrogens (primary N) is 1. The van der Waals surface area contributed by atoms with Gasteiger partial charge >= 0.3 is 0 Å². The first-order valence-corrected chi connectivity index (χ1v) is 7.69. The van der Waals surface area contributed by atoms with Crippen LogP contribution in [-0.4, -0.2) is 33.6 Å². The summed E-state index contributed by atoms with van der Waals surface area (Å²) >= 11 is 0. The van der Waals surface area contributed by atoms with E-state index in [1.807, 2.05) is 47.0 Å². The second-order valence-corrected chi connectivity index (χ2v) is 5.22. The van der Waals surface area contributed by atoms with Crippen molar-refractivity contribution in [3.05, 3.63) is 66.1 Å². The van der Waals surface area contributed by atoms with Gasteiger partial charge in [0.2, 0.25) is 0 Å². The second-order valence-electron chi connectivity index (χ2n) is 5.22. The number of pyridine rings is 1. The van der Waals surface area contributed by atoms with Gasteiger partial charge in [0.15, 0.2) is 11.6 Å². The van der Waals surface area contributed by atoms with E-state index in [1.165, 1.54) is 5.56 Å². The summed E-state index contributed by atoms with van der Waals surface area (Å²) in [5.41, 5.74) is 8.01. The van der Waals surface area contributed by atoms with Gasteiger partial charge in [-0.25, -0.2) is 0 Å². The molecule has 0 fully saturated rings. The number of benzene rings is 1. The Morgan fingerprint density at radius 3 is 2.74 bits per heavy atom. The van der Waals surface area contributed by atoms with Crippen molar-refractivity contribution in [3.8, 4) is 0 Å². The first-order chi connectivity index (χ1) is 11.3. The molecule has 6 heteroatoms. The molecule has 0 saturated heterocycles. The fraction of sp³-hybridized carbons (Fsp3) is 0.235. The predicted molar refractivity (Wildman–Crippen MR) is 91.3 cm³/mol. The Balaban J connectivity index is 1.46. The van der Waals surface area contributed by atoms with E-state index in [0.29, 0.717) is 18.9 Å². The van der Waals surface area contributed by atoms with Gasteiger partial charge in [-0.05, 0) is 24.1 Å². The van der Waals surface area contributed by atoms with Gasteiger partial charge < -0.3 is 11.1 Å². The van der Waals surface area contributed by atoms with Gasteiger partial charge in [-0.2, -0.15) is 0 Å². The molecule has 0 aliphatic heterocycles. The largest absolute Gasteiger partial charge is 0.370 e. The third-order valence-corrected chi connectivity index (χ3v) is 3.56. The molecule has 0 aliphatic rings. The summed E-state index contributed by atoms with van der Waals surface area (Å²) < 4.78 is 1.97. The Morgan fingerprint density at radius 1 is 1.04 bits per heavy atom. The van der Waals surface area contributed by atoms with E-state index >= 15 is 0 Å². The van der Waals surface area contributed by atoms with Crippen LogP contribution in [0.5, 0.6) is 0 Å². The molecule has 118 valence electrons. The summed E-state index contributed by atoms with van der Waals surface area (Å²) in [5, 5.41) is 11.4. The maximum atomic E-state index is 5.89. The van der Waals surface area contributed by atoms with Crippen LogP contribution in [0.2, 0.25) is 0 Å². The number of nitrogens with one attached hydrogen (secondary N) is 1. The summed E-state index contributed by atoms with van der Waals surface area (Å²) in [6.45, 7) is 1.35. The number of nitrogens with zero attached hydrogens (tertiary/aromatic N) is 4. The molecular weight excluding hydrogens is 288 g/mol. The lowest BCUT2D eigenvalue weighted by molar-refractivity contribution is 0.820. The van der Waals surface area contributed by atoms with Crippen LogP contribution in [0.3, 0.4) is 0 Å². The molecule has 3 rings (SSSR count). The molecule has 3 N–H and O–H groups in total. The quantitative estimate of drug-likeness (QED) is 0.533. The van der Waals surface area contributed by atoms with Crippen LogP contribution in [0.15, 0.2) is 59.7 Å². The molecule has 6 nitrogen and oxygen atoms in total. The Labute approximate surface area is 135 Å². The first-order valence-electron chi connectivity index (χ1n) is 7.69. The van der Waals surface area contributed by atoms with E-state index in [0.717, 1.165) is 24.4 Å². The monoisotopic (exact) mass is 308 g/mol. The number of rotatable bonds is 6. The van der Waals surface area contributed by atoms with Crippen LogP contribution >= 0.6 is 0 Å². The van der Waals surface area contributed by atoms with Gasteiger partial charge in [-0.15, -0.1) is 10.2 Å². The van der Waals surface area contributed by atoms with E-state index in [4.69, 9.17) is 5.73 Å². The minimum absolute atomic E-state index is 0.467. The highest BCUT2D eigenvalue weighted by Crippen LogP contribution is 2.03. The van der Waals surface area contributed by atoms with Crippen molar-refractivity contribution in [1.29, 1.82) is 0 Å². The zero-order chi connectivity index (χ0) is 15.9. The smallest absolute Gasteiger partial charge is 0.188 e. The number of aromatic nitrogens is 3. The number of aliphatic imine (C=N–C) groups is 1. The molecule has 2 aromatic heterocycles. The van der Waals surface area contributed by atoms with Gasteiger partial charge in [0.1, 0.15) is 5.82 Å². The normalized spacial score (nSPS) is 11.7. The third kappa shape index (κ3) is 4.06. The van der Waals surface area contributed by atoms with Crippen molar-refractivity contribution in [3.63, 3.8) is 0 Å². The molecule has 1 aromatic carbocycles. The molecule has 0 amide bonds. The second kappa shape index (κ2) is 7.40. The van der Waals surface area contributed by atoms with Gasteiger partial charge in [0.05, 0.1) is 0 Å². The minimum atomic E-state index is 0.467. The molecule has 23 heavy (non-hydrogen) atoms. The van der Waals surface area contributed by atoms with E-state index in [2.05, 4.69) is 32.6 Å². The predicted octanol–water partition coefficient (Wildman–Crippen LogP) is 1.42. The number of hydrogen-bond acceptors (Lipinski definition) is 3. The van der Waals surface area contributed by atoms with E-state index in [-0.39, 0.29) is 0 Å². The molecule has 0 spiro atoms. The Kier molecular flexibility index (Phi) is 4.83. The highest BCUT2D eigenvalue weighted by molar-refractivity contribution is 5.77. The molecule has 3 aromatic rings. The van der Waals surface area contributed by atoms with Crippen LogP contribution in [0.1, 0.15) is 11.4 Å². The Bertz CT molecular complexity index is 778. The lowest BCUT2D eigenvalue weighted by Crippen LogP contribution is -2.33. The topological polar surface area (TPSA) is 80.6 Å². The summed E-state index contributed by atoms with van der Waals surface area (Å²) in [6.07, 6.45) is 3.58. The standard InChI is InChI=1S/C17H20N6/c18-17(19-11-9-14-6-2-1-3-7-14)20-12-10-16-22-21-15-8-4-5-13-23(15)16/h1-8,13H,9-12H2,(H3,18,19,20). The summed E-state index contributed by atoms with van der Waals surface area (Å²) in [7, 11) is 0. The highest BCUT2D eigenvalue weighted by atomic mass is 15.2. The van der Waals surface area contributed by atoms with E-state index in [9.17, 15) is 0 Å². The third-order valence-electron chi connectivity index (χ3n) is 3.56. The van der Waals surface area contributed by atoms with Crippen molar-refractivity contribution in [1.82, 2.24) is 19.9 Å². The zero-order valence-corrected chi connectivity index (χ0v) is 12.9. The number of guanidine groups is 1. The average Bonchev–Trinajstić information content (AvgIpc) is 2.99. The molecule has 0 atom stereocenters. The van der Waals surface area contributed by atoms with Crippen LogP contribution in [-0.2, 0) is 12.8 Å². The van der Waals surface area contributed by atoms with Crippen molar-refractivity contribution in [2.24, 2.45) is 10.7 Å². The molecule has 0 aliphatic carbocycles. The van der Waals surface area contributed by atoms with Gasteiger partial charge in [0, 0.05) is 25.7 Å². The maximum Gasteiger partial charge on any atom is 0.188 e. The Hall–Kier alpha value is -2.89. The van der Waals surface area contributed by atoms with Crippen LogP contribution in [0.4, 0.5) is 0 Å². The minimum Gasteiger partial charge on any atom is -0.370 e. The molecular formula is C17H20N6. The van der Waals surface area contributed by atoms with Gasteiger partial charge in [-0.1, -0.05) is 36.4 Å². The van der Waals surface area contributed by atoms with Gasteiger partial charge in [0.25, 0.3) is 0 Å². The van der Waals surface area contributed by atoms with Crippen molar-refractivity contribution in [2.45, 2.75) is 12.8 Å². The van der Waals surface area contributed by atoms with Crippen LogP contribution < -0.4 is 11.1 Å². The molecule has 0 bridgehead atoms. The lowest BCUT2D eigenvalue weighted by Gasteiger charge is -2.05.